The lowest BCUT2D eigenvalue weighted by Gasteiger charge is -2.37. The third-order valence-corrected chi connectivity index (χ3v) is 6.88. The van der Waals surface area contributed by atoms with Crippen molar-refractivity contribution in [2.24, 2.45) is 0 Å². The molecule has 1 fully saturated rings. The molecule has 1 aromatic heterocycles. The van der Waals surface area contributed by atoms with Crippen LogP contribution in [-0.4, -0.2) is 71.5 Å². The Hall–Kier alpha value is -3.94. The minimum absolute atomic E-state index is 0.109. The van der Waals surface area contributed by atoms with E-state index in [0.717, 1.165) is 21.2 Å². The molecule has 1 atom stereocenters. The maximum Gasteiger partial charge on any atom is 0.268 e. The highest BCUT2D eigenvalue weighted by atomic mass is 16.5. The van der Waals surface area contributed by atoms with Gasteiger partial charge in [-0.05, 0) is 23.3 Å². The van der Waals surface area contributed by atoms with Crippen LogP contribution in [0.2, 0.25) is 0 Å². The Balaban J connectivity index is 1.17. The van der Waals surface area contributed by atoms with E-state index >= 15 is 0 Å². The molecule has 37 heavy (non-hydrogen) atoms. The first-order valence-corrected chi connectivity index (χ1v) is 12.6. The van der Waals surface area contributed by atoms with Crippen molar-refractivity contribution >= 4 is 16.8 Å². The number of aliphatic hydroxyl groups is 1. The van der Waals surface area contributed by atoms with E-state index in [1.165, 1.54) is 0 Å². The largest absolute Gasteiger partial charge is 0.490 e. The quantitative estimate of drug-likeness (QED) is 0.289. The number of carbonyl (C=O) groups excluding carboxylic acids is 1. The third-order valence-electron chi connectivity index (χ3n) is 6.88. The monoisotopic (exact) mass is 498 g/mol. The Morgan fingerprint density at radius 3 is 2.14 bits per heavy atom. The molecule has 0 aliphatic carbocycles. The topological polar surface area (TPSA) is 77.1 Å². The Morgan fingerprint density at radius 1 is 0.838 bits per heavy atom. The number of pyridine rings is 1. The summed E-state index contributed by atoms with van der Waals surface area (Å²) in [5.74, 6) is 0.396. The van der Waals surface area contributed by atoms with Gasteiger partial charge in [-0.3, -0.25) is 14.9 Å². The standard InChI is InChI=1S/C30H32N3O4/c34-25(22-37-28-15-7-14-27-26(28)13-8-16-33(27)36)21-31-17-19-32(20-18-31)30(35)29(23-9-3-1-4-10-23)24-11-5-2-6-12-24/h1-16,25,29,34,36H,17-22H2/q+1. The van der Waals surface area contributed by atoms with Crippen LogP contribution in [0.1, 0.15) is 17.0 Å². The van der Waals surface area contributed by atoms with E-state index in [4.69, 9.17) is 4.74 Å². The van der Waals surface area contributed by atoms with E-state index in [2.05, 4.69) is 4.90 Å². The maximum atomic E-state index is 13.6. The van der Waals surface area contributed by atoms with Crippen molar-refractivity contribution in [3.8, 4) is 5.75 Å². The summed E-state index contributed by atoms with van der Waals surface area (Å²) in [7, 11) is 0. The summed E-state index contributed by atoms with van der Waals surface area (Å²) in [6.07, 6.45) is 0.886. The molecule has 2 N–H and O–H groups in total. The molecule has 0 saturated carbocycles. The Labute approximate surface area is 216 Å². The number of nitrogens with zero attached hydrogens (tertiary/aromatic N) is 3. The van der Waals surface area contributed by atoms with E-state index < -0.39 is 6.10 Å². The number of β-amino-alcohol motifs (C(OH)–C–C–N with tert-alkyl or cyclic N) is 1. The summed E-state index contributed by atoms with van der Waals surface area (Å²) in [6.45, 7) is 3.22. The van der Waals surface area contributed by atoms with Gasteiger partial charge in [-0.1, -0.05) is 66.7 Å². The zero-order valence-corrected chi connectivity index (χ0v) is 20.7. The highest BCUT2D eigenvalue weighted by Gasteiger charge is 2.30. The minimum atomic E-state index is -0.677. The Morgan fingerprint density at radius 2 is 1.49 bits per heavy atom. The molecule has 190 valence electrons. The van der Waals surface area contributed by atoms with Crippen LogP contribution in [-0.2, 0) is 4.79 Å². The molecule has 1 saturated heterocycles. The van der Waals surface area contributed by atoms with Crippen LogP contribution < -0.4 is 9.47 Å². The second kappa shape index (κ2) is 11.4. The van der Waals surface area contributed by atoms with Gasteiger partial charge >= 0.3 is 0 Å². The highest BCUT2D eigenvalue weighted by Crippen LogP contribution is 2.27. The van der Waals surface area contributed by atoms with Crippen molar-refractivity contribution in [3.63, 3.8) is 0 Å². The van der Waals surface area contributed by atoms with E-state index in [1.54, 1.807) is 18.3 Å². The molecule has 3 aromatic carbocycles. The molecule has 0 spiro atoms. The number of fused-ring (bicyclic) bond motifs is 1. The lowest BCUT2D eigenvalue weighted by molar-refractivity contribution is -0.884. The van der Waals surface area contributed by atoms with Gasteiger partial charge in [-0.25, -0.2) is 0 Å². The minimum Gasteiger partial charge on any atom is -0.490 e. The Bertz CT molecular complexity index is 1290. The van der Waals surface area contributed by atoms with Crippen molar-refractivity contribution in [2.45, 2.75) is 12.0 Å². The van der Waals surface area contributed by atoms with Crippen LogP contribution in [0.3, 0.4) is 0 Å². The average Bonchev–Trinajstić information content (AvgIpc) is 2.94. The molecule has 7 nitrogen and oxygen atoms in total. The molecule has 4 aromatic rings. The molecule has 7 heteroatoms. The van der Waals surface area contributed by atoms with Crippen LogP contribution in [0.4, 0.5) is 0 Å². The van der Waals surface area contributed by atoms with Gasteiger partial charge in [0.15, 0.2) is 0 Å². The van der Waals surface area contributed by atoms with Crippen molar-refractivity contribution in [2.75, 3.05) is 39.3 Å². The fourth-order valence-electron chi connectivity index (χ4n) is 4.97. The van der Waals surface area contributed by atoms with Gasteiger partial charge in [0.05, 0.1) is 11.3 Å². The molecule has 2 heterocycles. The normalized spacial score (nSPS) is 15.1. The van der Waals surface area contributed by atoms with Crippen LogP contribution in [0.5, 0.6) is 5.75 Å². The number of aliphatic hydroxyl groups excluding tert-OH is 1. The summed E-state index contributed by atoms with van der Waals surface area (Å²) in [5.41, 5.74) is 2.63. The predicted octanol–water partition coefficient (Wildman–Crippen LogP) is 3.08. The SMILES string of the molecule is O=C(C(c1ccccc1)c1ccccc1)N1CCN(CC(O)COc2cccc3c2ccc[n+]3O)CC1. The maximum absolute atomic E-state index is 13.6. The smallest absolute Gasteiger partial charge is 0.268 e. The number of aromatic nitrogens is 1. The third kappa shape index (κ3) is 5.74. The summed E-state index contributed by atoms with van der Waals surface area (Å²) in [5, 5.41) is 21.4. The zero-order chi connectivity index (χ0) is 25.6. The van der Waals surface area contributed by atoms with Gasteiger partial charge in [-0.2, -0.15) is 0 Å². The molecular weight excluding hydrogens is 466 g/mol. The summed E-state index contributed by atoms with van der Waals surface area (Å²) < 4.78 is 6.96. The predicted molar refractivity (Wildman–Crippen MR) is 141 cm³/mol. The molecule has 1 unspecified atom stereocenters. The first-order valence-electron chi connectivity index (χ1n) is 12.6. The summed E-state index contributed by atoms with van der Waals surface area (Å²) in [6, 6.07) is 28.9. The van der Waals surface area contributed by atoms with Gasteiger partial charge in [0, 0.05) is 49.6 Å². The van der Waals surface area contributed by atoms with Gasteiger partial charge in [0.2, 0.25) is 12.1 Å². The molecule has 5 rings (SSSR count). The second-order valence-electron chi connectivity index (χ2n) is 9.39. The fraction of sp³-hybridized carbons (Fsp3) is 0.267. The van der Waals surface area contributed by atoms with Crippen molar-refractivity contribution in [1.29, 1.82) is 0 Å². The number of rotatable bonds is 8. The van der Waals surface area contributed by atoms with Crippen molar-refractivity contribution in [1.82, 2.24) is 9.80 Å². The molecule has 1 amide bonds. The van der Waals surface area contributed by atoms with Gasteiger partial charge < -0.3 is 14.7 Å². The number of hydrogen-bond donors (Lipinski definition) is 2. The first-order chi connectivity index (χ1) is 18.1. The average molecular weight is 499 g/mol. The number of ether oxygens (including phenoxy) is 1. The van der Waals surface area contributed by atoms with E-state index in [9.17, 15) is 15.1 Å². The number of hydrogen-bond acceptors (Lipinski definition) is 5. The van der Waals surface area contributed by atoms with Gasteiger partial charge in [0.25, 0.3) is 5.52 Å². The number of amides is 1. The molecule has 0 bridgehead atoms. The number of carbonyl (C=O) groups is 1. The van der Waals surface area contributed by atoms with Crippen LogP contribution in [0, 0.1) is 0 Å². The summed E-state index contributed by atoms with van der Waals surface area (Å²) >= 11 is 0. The molecule has 1 aliphatic rings. The number of piperazine rings is 1. The van der Waals surface area contributed by atoms with E-state index in [-0.39, 0.29) is 18.4 Å². The van der Waals surface area contributed by atoms with Crippen LogP contribution in [0.25, 0.3) is 10.9 Å². The molecular formula is C30H32N3O4+. The highest BCUT2D eigenvalue weighted by molar-refractivity contribution is 5.87. The van der Waals surface area contributed by atoms with Crippen LogP contribution >= 0.6 is 0 Å². The van der Waals surface area contributed by atoms with Gasteiger partial charge in [-0.15, -0.1) is 0 Å². The van der Waals surface area contributed by atoms with E-state index in [1.807, 2.05) is 83.8 Å². The Kier molecular flexibility index (Phi) is 7.63. The second-order valence-corrected chi connectivity index (χ2v) is 9.39. The lowest BCUT2D eigenvalue weighted by atomic mass is 9.90. The number of benzene rings is 3. The van der Waals surface area contributed by atoms with Crippen molar-refractivity contribution in [3.05, 3.63) is 108 Å². The van der Waals surface area contributed by atoms with Crippen LogP contribution in [0.15, 0.2) is 97.2 Å². The lowest BCUT2D eigenvalue weighted by Crippen LogP contribution is -2.52. The molecule has 1 aliphatic heterocycles. The van der Waals surface area contributed by atoms with Crippen molar-refractivity contribution < 1.29 is 24.6 Å². The first kappa shape index (κ1) is 24.7. The summed E-state index contributed by atoms with van der Waals surface area (Å²) in [4.78, 5) is 17.7. The molecule has 0 radical (unpaired) electrons. The fourth-order valence-corrected chi connectivity index (χ4v) is 4.97. The van der Waals surface area contributed by atoms with Gasteiger partial charge in [0.1, 0.15) is 18.5 Å². The zero-order valence-electron chi connectivity index (χ0n) is 20.7. The van der Waals surface area contributed by atoms with E-state index in [0.29, 0.717) is 44.0 Å².